The summed E-state index contributed by atoms with van der Waals surface area (Å²) in [5.41, 5.74) is 2.35. The maximum atomic E-state index is 12.7. The largest absolute Gasteiger partial charge is 0.493 e. The number of hydrogen-bond donors (Lipinski definition) is 0. The highest BCUT2D eigenvalue weighted by atomic mass is 16.5. The van der Waals surface area contributed by atoms with Gasteiger partial charge in [0.05, 0.1) is 35.5 Å². The summed E-state index contributed by atoms with van der Waals surface area (Å²) in [4.78, 5) is 12.7. The Morgan fingerprint density at radius 3 is 2.00 bits per heavy atom. The topological polar surface area (TPSA) is 63.2 Å². The number of hydrogen-bond acceptors (Lipinski definition) is 6. The fraction of sp³-hybridized carbons (Fsp3) is 0.350. The van der Waals surface area contributed by atoms with Gasteiger partial charge in [0, 0.05) is 23.5 Å². The van der Waals surface area contributed by atoms with Gasteiger partial charge >= 0.3 is 0 Å². The lowest BCUT2D eigenvalue weighted by Crippen LogP contribution is -2.03. The third kappa shape index (κ3) is 2.71. The summed E-state index contributed by atoms with van der Waals surface area (Å²) in [7, 11) is 7.83. The summed E-state index contributed by atoms with van der Waals surface area (Å²) < 4.78 is 27.2. The van der Waals surface area contributed by atoms with Gasteiger partial charge in [0.25, 0.3) is 0 Å². The van der Waals surface area contributed by atoms with Crippen molar-refractivity contribution in [1.29, 1.82) is 0 Å². The van der Waals surface area contributed by atoms with Crippen LogP contribution in [0.25, 0.3) is 0 Å². The van der Waals surface area contributed by atoms with Crippen molar-refractivity contribution in [3.05, 3.63) is 41.0 Å². The summed E-state index contributed by atoms with van der Waals surface area (Å²) >= 11 is 0. The molecule has 6 nitrogen and oxygen atoms in total. The molecule has 0 radical (unpaired) electrons. The Labute approximate surface area is 152 Å². The molecule has 1 atom stereocenters. The van der Waals surface area contributed by atoms with Crippen molar-refractivity contribution in [3.63, 3.8) is 0 Å². The molecular formula is C20H22O6. The van der Waals surface area contributed by atoms with Crippen LogP contribution in [-0.4, -0.2) is 41.3 Å². The molecule has 0 spiro atoms. The van der Waals surface area contributed by atoms with Crippen LogP contribution in [0.4, 0.5) is 0 Å². The van der Waals surface area contributed by atoms with E-state index in [9.17, 15) is 4.79 Å². The molecule has 0 amide bonds. The Balaban J connectivity index is 2.20. The minimum Gasteiger partial charge on any atom is -0.493 e. The molecule has 0 unspecified atom stereocenters. The van der Waals surface area contributed by atoms with Crippen LogP contribution >= 0.6 is 0 Å². The number of carbonyl (C=O) groups is 1. The second-order valence-electron chi connectivity index (χ2n) is 5.90. The predicted molar refractivity (Wildman–Crippen MR) is 96.4 cm³/mol. The highest BCUT2D eigenvalue weighted by Gasteiger charge is 2.37. The fourth-order valence-corrected chi connectivity index (χ4v) is 3.51. The molecule has 0 aromatic heterocycles. The molecule has 6 heteroatoms. The van der Waals surface area contributed by atoms with Gasteiger partial charge in [-0.3, -0.25) is 4.79 Å². The molecule has 1 aliphatic carbocycles. The molecule has 0 fully saturated rings. The normalized spacial score (nSPS) is 15.4. The van der Waals surface area contributed by atoms with Gasteiger partial charge in [-0.2, -0.15) is 0 Å². The fourth-order valence-electron chi connectivity index (χ4n) is 3.51. The summed E-state index contributed by atoms with van der Waals surface area (Å²) in [5.74, 6) is 2.61. The van der Waals surface area contributed by atoms with Gasteiger partial charge in [-0.15, -0.1) is 0 Å². The number of Topliss-reactive ketones (excluding diaryl/α,β-unsaturated/α-hetero) is 1. The van der Waals surface area contributed by atoms with Crippen molar-refractivity contribution in [2.75, 3.05) is 35.5 Å². The van der Waals surface area contributed by atoms with E-state index in [0.29, 0.717) is 40.7 Å². The van der Waals surface area contributed by atoms with E-state index >= 15 is 0 Å². The van der Waals surface area contributed by atoms with Gasteiger partial charge in [0.1, 0.15) is 0 Å². The summed E-state index contributed by atoms with van der Waals surface area (Å²) in [6, 6.07) is 7.39. The van der Waals surface area contributed by atoms with Crippen molar-refractivity contribution >= 4 is 5.78 Å². The van der Waals surface area contributed by atoms with Gasteiger partial charge in [-0.05, 0) is 23.8 Å². The van der Waals surface area contributed by atoms with Gasteiger partial charge in [0.2, 0.25) is 5.75 Å². The number of rotatable bonds is 6. The van der Waals surface area contributed by atoms with Crippen molar-refractivity contribution in [2.24, 2.45) is 0 Å². The number of methoxy groups -OCH3 is 5. The number of benzene rings is 2. The smallest absolute Gasteiger partial charge is 0.203 e. The van der Waals surface area contributed by atoms with Crippen LogP contribution in [0.1, 0.15) is 33.8 Å². The van der Waals surface area contributed by atoms with E-state index in [0.717, 1.165) is 11.1 Å². The Bertz CT molecular complexity index is 843. The van der Waals surface area contributed by atoms with Gasteiger partial charge in [-0.1, -0.05) is 6.07 Å². The Kier molecular flexibility index (Phi) is 4.93. The monoisotopic (exact) mass is 358 g/mol. The Hall–Kier alpha value is -2.89. The molecule has 2 aromatic carbocycles. The van der Waals surface area contributed by atoms with Crippen molar-refractivity contribution in [3.8, 4) is 28.7 Å². The molecule has 0 saturated carbocycles. The molecule has 0 bridgehead atoms. The second-order valence-corrected chi connectivity index (χ2v) is 5.90. The SMILES string of the molecule is COc1ccc([C@@H]2CC(=O)c3cc(OC)c(OC)c(OC)c32)cc1OC. The Morgan fingerprint density at radius 2 is 1.42 bits per heavy atom. The lowest BCUT2D eigenvalue weighted by molar-refractivity contribution is 0.0991. The molecule has 2 aromatic rings. The molecular weight excluding hydrogens is 336 g/mol. The lowest BCUT2D eigenvalue weighted by atomic mass is 9.91. The second kappa shape index (κ2) is 7.15. The molecule has 138 valence electrons. The maximum Gasteiger partial charge on any atom is 0.203 e. The summed E-state index contributed by atoms with van der Waals surface area (Å²) in [6.45, 7) is 0. The zero-order valence-electron chi connectivity index (χ0n) is 15.5. The van der Waals surface area contributed by atoms with E-state index in [-0.39, 0.29) is 11.7 Å². The molecule has 0 saturated heterocycles. The van der Waals surface area contributed by atoms with Crippen molar-refractivity contribution in [1.82, 2.24) is 0 Å². The van der Waals surface area contributed by atoms with E-state index in [4.69, 9.17) is 23.7 Å². The van der Waals surface area contributed by atoms with Crippen LogP contribution in [0.2, 0.25) is 0 Å². The Morgan fingerprint density at radius 1 is 0.769 bits per heavy atom. The third-order valence-electron chi connectivity index (χ3n) is 4.72. The zero-order valence-corrected chi connectivity index (χ0v) is 15.5. The number of ketones is 1. The predicted octanol–water partition coefficient (Wildman–Crippen LogP) is 3.45. The first-order chi connectivity index (χ1) is 12.6. The van der Waals surface area contributed by atoms with Crippen molar-refractivity contribution in [2.45, 2.75) is 12.3 Å². The first-order valence-electron chi connectivity index (χ1n) is 8.17. The van der Waals surface area contributed by atoms with Crippen LogP contribution in [0.3, 0.4) is 0 Å². The van der Waals surface area contributed by atoms with E-state index < -0.39 is 0 Å². The van der Waals surface area contributed by atoms with Crippen LogP contribution in [0.15, 0.2) is 24.3 Å². The van der Waals surface area contributed by atoms with Gasteiger partial charge in [0.15, 0.2) is 28.8 Å². The van der Waals surface area contributed by atoms with E-state index in [2.05, 4.69) is 0 Å². The maximum absolute atomic E-state index is 12.7. The molecule has 0 heterocycles. The summed E-state index contributed by atoms with van der Waals surface area (Å²) in [6.07, 6.45) is 0.345. The van der Waals surface area contributed by atoms with Crippen LogP contribution < -0.4 is 23.7 Å². The van der Waals surface area contributed by atoms with Crippen LogP contribution in [0.5, 0.6) is 28.7 Å². The molecule has 0 N–H and O–H groups in total. The van der Waals surface area contributed by atoms with E-state index in [1.807, 2.05) is 18.2 Å². The standard InChI is InChI=1S/C20H22O6/c1-22-15-7-6-11(8-16(15)23-2)12-9-14(21)13-10-17(24-3)19(25-4)20(26-5)18(12)13/h6-8,10,12H,9H2,1-5H3/t12-/m0/s1. The average molecular weight is 358 g/mol. The molecule has 1 aliphatic rings. The number of fused-ring (bicyclic) bond motifs is 1. The number of ether oxygens (including phenoxy) is 5. The molecule has 26 heavy (non-hydrogen) atoms. The number of carbonyl (C=O) groups excluding carboxylic acids is 1. The van der Waals surface area contributed by atoms with Gasteiger partial charge < -0.3 is 23.7 Å². The highest BCUT2D eigenvalue weighted by molar-refractivity contribution is 6.03. The quantitative estimate of drug-likeness (QED) is 0.788. The van der Waals surface area contributed by atoms with E-state index in [1.165, 1.54) is 7.11 Å². The van der Waals surface area contributed by atoms with Crippen molar-refractivity contribution < 1.29 is 28.5 Å². The first-order valence-corrected chi connectivity index (χ1v) is 8.17. The van der Waals surface area contributed by atoms with Crippen LogP contribution in [-0.2, 0) is 0 Å². The summed E-state index contributed by atoms with van der Waals surface area (Å²) in [5, 5.41) is 0. The first kappa shape index (κ1) is 17.9. The minimum atomic E-state index is -0.160. The molecule has 0 aliphatic heterocycles. The van der Waals surface area contributed by atoms with E-state index in [1.54, 1.807) is 34.5 Å². The average Bonchev–Trinajstić information content (AvgIpc) is 3.01. The molecule has 3 rings (SSSR count). The van der Waals surface area contributed by atoms with Crippen LogP contribution in [0, 0.1) is 0 Å². The highest BCUT2D eigenvalue weighted by Crippen LogP contribution is 2.51. The lowest BCUT2D eigenvalue weighted by Gasteiger charge is -2.20. The van der Waals surface area contributed by atoms with Gasteiger partial charge in [-0.25, -0.2) is 0 Å². The zero-order chi connectivity index (χ0) is 18.8. The minimum absolute atomic E-state index is 0.0408. The third-order valence-corrected chi connectivity index (χ3v) is 4.72.